The summed E-state index contributed by atoms with van der Waals surface area (Å²) in [5, 5.41) is 3.00. The summed E-state index contributed by atoms with van der Waals surface area (Å²) in [7, 11) is -1.80. The predicted molar refractivity (Wildman–Crippen MR) is 132 cm³/mol. The molecular weight excluding hydrogens is 396 g/mol. The lowest BCUT2D eigenvalue weighted by Gasteiger charge is -2.43. The first-order chi connectivity index (χ1) is 15.1. The minimum Gasteiger partial charge on any atom is -0.353 e. The maximum absolute atomic E-state index is 2.59. The van der Waals surface area contributed by atoms with Crippen molar-refractivity contribution < 1.29 is 0 Å². The van der Waals surface area contributed by atoms with Crippen molar-refractivity contribution >= 4 is 29.8 Å². The van der Waals surface area contributed by atoms with E-state index in [0.717, 1.165) is 13.3 Å². The van der Waals surface area contributed by atoms with Crippen LogP contribution in [-0.4, -0.2) is 43.3 Å². The molecule has 0 spiro atoms. The van der Waals surface area contributed by atoms with Gasteiger partial charge in [-0.15, -0.1) is 0 Å². The van der Waals surface area contributed by atoms with Gasteiger partial charge in [0.05, 0.1) is 25.4 Å². The number of benzene rings is 2. The lowest BCUT2D eigenvalue weighted by atomic mass is 9.88. The number of hydrogen-bond donors (Lipinski definition) is 0. The van der Waals surface area contributed by atoms with Gasteiger partial charge in [0, 0.05) is 36.2 Å². The molecule has 3 aliphatic heterocycles. The third kappa shape index (κ3) is 3.18. The monoisotopic (exact) mass is 428 g/mol. The highest BCUT2D eigenvalue weighted by molar-refractivity contribution is 7.00. The van der Waals surface area contributed by atoms with E-state index in [-0.39, 0.29) is 0 Å². The minimum absolute atomic E-state index is 0.574. The highest BCUT2D eigenvalue weighted by atomic mass is 28.3. The molecule has 1 fully saturated rings. The Balaban J connectivity index is 1.47. The van der Waals surface area contributed by atoms with Gasteiger partial charge in [-0.3, -0.25) is 0 Å². The molecule has 2 unspecified atom stereocenters. The molecule has 4 nitrogen and oxygen atoms in total. The van der Waals surface area contributed by atoms with Gasteiger partial charge >= 0.3 is 0 Å². The summed E-state index contributed by atoms with van der Waals surface area (Å²) in [5.41, 5.74) is 2.64. The molecule has 1 saturated carbocycles. The van der Waals surface area contributed by atoms with Crippen LogP contribution in [0.5, 0.6) is 0 Å². The van der Waals surface area contributed by atoms with Crippen LogP contribution in [0, 0.1) is 0 Å². The second-order valence-corrected chi connectivity index (χ2v) is 14.4. The van der Waals surface area contributed by atoms with E-state index < -0.39 is 8.07 Å². The van der Waals surface area contributed by atoms with Gasteiger partial charge in [0.15, 0.2) is 0 Å². The average Bonchev–Trinajstić information content (AvgIpc) is 3.49. The summed E-state index contributed by atoms with van der Waals surface area (Å²) in [6, 6.07) is 19.8. The average molecular weight is 429 g/mol. The summed E-state index contributed by atoms with van der Waals surface area (Å²) >= 11 is 0. The highest BCUT2D eigenvalue weighted by Gasteiger charge is 2.36. The Kier molecular flexibility index (Phi) is 4.42. The third-order valence-corrected chi connectivity index (χ3v) is 11.4. The lowest BCUT2D eigenvalue weighted by molar-refractivity contribution is 0.115. The fourth-order valence-electron chi connectivity index (χ4n) is 5.82. The van der Waals surface area contributed by atoms with Gasteiger partial charge < -0.3 is 19.6 Å². The van der Waals surface area contributed by atoms with Crippen LogP contribution < -0.4 is 20.2 Å². The van der Waals surface area contributed by atoms with Crippen LogP contribution in [0.2, 0.25) is 13.1 Å². The molecule has 3 heterocycles. The zero-order valence-electron chi connectivity index (χ0n) is 18.6. The summed E-state index contributed by atoms with van der Waals surface area (Å²) in [4.78, 5) is 10.0. The molecular formula is C26H32N4Si. The summed E-state index contributed by atoms with van der Waals surface area (Å²) < 4.78 is 0. The topological polar surface area (TPSA) is 13.0 Å². The Morgan fingerprint density at radius 2 is 1.16 bits per heavy atom. The van der Waals surface area contributed by atoms with Gasteiger partial charge in [-0.25, -0.2) is 0 Å². The number of hydrogen-bond acceptors (Lipinski definition) is 4. The molecule has 6 rings (SSSR count). The Hall–Kier alpha value is -2.66. The molecule has 0 amide bonds. The first kappa shape index (κ1) is 19.1. The van der Waals surface area contributed by atoms with Crippen molar-refractivity contribution in [1.82, 2.24) is 9.80 Å². The first-order valence-electron chi connectivity index (χ1n) is 11.7. The Morgan fingerprint density at radius 3 is 1.65 bits per heavy atom. The van der Waals surface area contributed by atoms with Crippen molar-refractivity contribution in [2.24, 2.45) is 0 Å². The van der Waals surface area contributed by atoms with Crippen LogP contribution >= 0.6 is 0 Å². The molecule has 31 heavy (non-hydrogen) atoms. The van der Waals surface area contributed by atoms with E-state index in [1.54, 1.807) is 0 Å². The van der Waals surface area contributed by atoms with Gasteiger partial charge in [-0.2, -0.15) is 0 Å². The zero-order chi connectivity index (χ0) is 21.0. The van der Waals surface area contributed by atoms with Gasteiger partial charge in [0.1, 0.15) is 8.07 Å². The largest absolute Gasteiger partial charge is 0.353 e. The van der Waals surface area contributed by atoms with Crippen LogP contribution in [0.3, 0.4) is 0 Å². The fourth-order valence-corrected chi connectivity index (χ4v) is 8.19. The maximum Gasteiger partial charge on any atom is 0.112 e. The zero-order valence-corrected chi connectivity index (χ0v) is 19.6. The van der Waals surface area contributed by atoms with E-state index >= 15 is 0 Å². The van der Waals surface area contributed by atoms with E-state index in [1.165, 1.54) is 47.4 Å². The number of fused-ring (bicyclic) bond motifs is 13. The standard InChI is InChI=1S/C26H32N4Si/c1-31(2)23-9-5-7-21(17-23)27-13-15-29(19-27)25-11-3-4-12-26(25)30-16-14-28(20-30)22-8-6-10-24(31)18-22/h5-10,13-18,25-26H,3-4,11-12,19-20H2,1-2H3. The third-order valence-electron chi connectivity index (χ3n) is 7.85. The SMILES string of the molecule is C[Si]1(C)c2cccc(c2)N2C=CN(C2)C2CCCCC2N2C=CN(C2)c2cccc1c2. The molecule has 0 N–H and O–H groups in total. The summed E-state index contributed by atoms with van der Waals surface area (Å²) in [5.74, 6) is 0. The molecule has 1 aliphatic carbocycles. The van der Waals surface area contributed by atoms with E-state index in [2.05, 4.69) is 106 Å². The van der Waals surface area contributed by atoms with E-state index in [9.17, 15) is 0 Å². The molecule has 2 atom stereocenters. The smallest absolute Gasteiger partial charge is 0.112 e. The van der Waals surface area contributed by atoms with Gasteiger partial charge in [-0.05, 0) is 37.1 Å². The van der Waals surface area contributed by atoms with E-state index in [4.69, 9.17) is 0 Å². The van der Waals surface area contributed by atoms with Crippen molar-refractivity contribution in [3.63, 3.8) is 0 Å². The molecule has 0 aromatic heterocycles. The van der Waals surface area contributed by atoms with Crippen LogP contribution in [0.25, 0.3) is 0 Å². The van der Waals surface area contributed by atoms with Crippen LogP contribution in [-0.2, 0) is 0 Å². The van der Waals surface area contributed by atoms with Crippen LogP contribution in [0.4, 0.5) is 11.4 Å². The molecule has 0 radical (unpaired) electrons. The summed E-state index contributed by atoms with van der Waals surface area (Å²) in [6.45, 7) is 6.88. The van der Waals surface area contributed by atoms with Gasteiger partial charge in [0.2, 0.25) is 0 Å². The highest BCUT2D eigenvalue weighted by Crippen LogP contribution is 2.33. The first-order valence-corrected chi connectivity index (χ1v) is 14.7. The van der Waals surface area contributed by atoms with Crippen molar-refractivity contribution in [3.05, 3.63) is 73.3 Å². The Labute approximate surface area is 187 Å². The molecule has 4 aliphatic rings. The molecule has 2 aromatic carbocycles. The maximum atomic E-state index is 2.59. The van der Waals surface area contributed by atoms with Crippen LogP contribution in [0.15, 0.2) is 73.3 Å². The van der Waals surface area contributed by atoms with Crippen molar-refractivity contribution in [2.45, 2.75) is 50.9 Å². The molecule has 8 bridgehead atoms. The second kappa shape index (κ2) is 7.19. The second-order valence-electron chi connectivity index (χ2n) is 9.99. The fraction of sp³-hybridized carbons (Fsp3) is 0.385. The Morgan fingerprint density at radius 1 is 0.677 bits per heavy atom. The van der Waals surface area contributed by atoms with Gasteiger partial charge in [-0.1, -0.05) is 60.6 Å². The lowest BCUT2D eigenvalue weighted by Crippen LogP contribution is -2.53. The van der Waals surface area contributed by atoms with E-state index in [1.807, 2.05) is 0 Å². The number of rotatable bonds is 0. The number of anilines is 2. The number of nitrogens with zero attached hydrogens (tertiary/aromatic N) is 4. The normalized spacial score (nSPS) is 26.0. The van der Waals surface area contributed by atoms with E-state index in [0.29, 0.717) is 12.1 Å². The van der Waals surface area contributed by atoms with Crippen molar-refractivity contribution in [2.75, 3.05) is 23.1 Å². The predicted octanol–water partition coefficient (Wildman–Crippen LogP) is 3.94. The van der Waals surface area contributed by atoms with Crippen molar-refractivity contribution in [1.29, 1.82) is 0 Å². The molecule has 160 valence electrons. The molecule has 2 aromatic rings. The summed E-state index contributed by atoms with van der Waals surface area (Å²) in [6.07, 6.45) is 14.5. The van der Waals surface area contributed by atoms with Gasteiger partial charge in [0.25, 0.3) is 0 Å². The van der Waals surface area contributed by atoms with Crippen LogP contribution in [0.1, 0.15) is 25.7 Å². The molecule has 0 saturated heterocycles. The molecule has 5 heteroatoms. The quantitative estimate of drug-likeness (QED) is 0.589. The van der Waals surface area contributed by atoms with Crippen molar-refractivity contribution in [3.8, 4) is 0 Å². The minimum atomic E-state index is -1.80. The Bertz CT molecular complexity index is 964.